The van der Waals surface area contributed by atoms with Crippen LogP contribution in [-0.2, 0) is 0 Å². The van der Waals surface area contributed by atoms with Crippen LogP contribution in [0.3, 0.4) is 0 Å². The third kappa shape index (κ3) is 5.25. The van der Waals surface area contributed by atoms with Crippen molar-refractivity contribution in [2.75, 3.05) is 52.4 Å². The first-order chi connectivity index (χ1) is 7.88. The molecule has 1 atom stereocenters. The fourth-order valence-electron chi connectivity index (χ4n) is 2.23. The van der Waals surface area contributed by atoms with Crippen molar-refractivity contribution in [1.82, 2.24) is 20.9 Å². The second-order valence-electron chi connectivity index (χ2n) is 4.39. The van der Waals surface area contributed by atoms with Crippen molar-refractivity contribution in [2.24, 2.45) is 0 Å². The molecule has 16 heavy (non-hydrogen) atoms. The van der Waals surface area contributed by atoms with Crippen molar-refractivity contribution >= 4 is 0 Å². The lowest BCUT2D eigenvalue weighted by Gasteiger charge is -2.36. The number of piperazine rings is 1. The summed E-state index contributed by atoms with van der Waals surface area (Å²) in [4.78, 5) is 2.62. The Kier molecular flexibility index (Phi) is 7.76. The van der Waals surface area contributed by atoms with Gasteiger partial charge in [0, 0.05) is 38.8 Å². The fourth-order valence-corrected chi connectivity index (χ4v) is 2.23. The number of hydrogen-bond acceptors (Lipinski definition) is 4. The highest BCUT2D eigenvalue weighted by Gasteiger charge is 2.20. The Morgan fingerprint density at radius 1 is 1.19 bits per heavy atom. The molecule has 0 saturated carbocycles. The molecule has 0 radical (unpaired) electrons. The first-order valence-corrected chi connectivity index (χ1v) is 6.74. The van der Waals surface area contributed by atoms with Gasteiger partial charge >= 0.3 is 0 Å². The van der Waals surface area contributed by atoms with Crippen molar-refractivity contribution in [3.8, 4) is 0 Å². The van der Waals surface area contributed by atoms with Gasteiger partial charge in [-0.25, -0.2) is 0 Å². The predicted octanol–water partition coefficient (Wildman–Crippen LogP) is -0.131. The maximum absolute atomic E-state index is 3.49. The van der Waals surface area contributed by atoms with Crippen LogP contribution in [-0.4, -0.2) is 63.3 Å². The van der Waals surface area contributed by atoms with Gasteiger partial charge in [0.05, 0.1) is 0 Å². The molecule has 0 bridgehead atoms. The molecule has 0 spiro atoms. The average molecular weight is 228 g/mol. The Balaban J connectivity index is 2.20. The van der Waals surface area contributed by atoms with E-state index in [0.717, 1.165) is 39.3 Å². The molecule has 1 heterocycles. The summed E-state index contributed by atoms with van der Waals surface area (Å²) >= 11 is 0. The van der Waals surface area contributed by atoms with Gasteiger partial charge in [0.25, 0.3) is 0 Å². The zero-order valence-corrected chi connectivity index (χ0v) is 10.9. The number of rotatable bonds is 8. The van der Waals surface area contributed by atoms with Crippen molar-refractivity contribution in [3.63, 3.8) is 0 Å². The molecular weight excluding hydrogens is 200 g/mol. The van der Waals surface area contributed by atoms with Crippen molar-refractivity contribution in [1.29, 1.82) is 0 Å². The lowest BCUT2D eigenvalue weighted by molar-refractivity contribution is 0.154. The minimum atomic E-state index is 0.714. The van der Waals surface area contributed by atoms with Gasteiger partial charge in [0.15, 0.2) is 0 Å². The van der Waals surface area contributed by atoms with E-state index in [1.807, 2.05) is 0 Å². The molecule has 0 aromatic rings. The van der Waals surface area contributed by atoms with E-state index in [1.165, 1.54) is 19.5 Å². The monoisotopic (exact) mass is 228 g/mol. The van der Waals surface area contributed by atoms with Crippen LogP contribution in [0.15, 0.2) is 0 Å². The van der Waals surface area contributed by atoms with Crippen molar-refractivity contribution in [2.45, 2.75) is 26.3 Å². The predicted molar refractivity (Wildman–Crippen MR) is 69.9 cm³/mol. The van der Waals surface area contributed by atoms with Crippen LogP contribution in [0.25, 0.3) is 0 Å². The van der Waals surface area contributed by atoms with E-state index in [0.29, 0.717) is 6.04 Å². The lowest BCUT2D eigenvalue weighted by atomic mass is 10.1. The van der Waals surface area contributed by atoms with Gasteiger partial charge in [-0.2, -0.15) is 0 Å². The summed E-state index contributed by atoms with van der Waals surface area (Å²) in [5, 5.41) is 10.3. The second-order valence-corrected chi connectivity index (χ2v) is 4.39. The van der Waals surface area contributed by atoms with Gasteiger partial charge in [0.1, 0.15) is 0 Å². The standard InChI is InChI=1S/C12H28N4/c1-3-13-6-5-12-11-15-8-10-16(12)9-7-14-4-2/h12-15H,3-11H2,1-2H3. The molecule has 0 aromatic heterocycles. The normalized spacial score (nSPS) is 22.5. The van der Waals surface area contributed by atoms with E-state index in [9.17, 15) is 0 Å². The number of nitrogens with one attached hydrogen (secondary N) is 3. The molecule has 0 aliphatic carbocycles. The first-order valence-electron chi connectivity index (χ1n) is 6.74. The third-order valence-electron chi connectivity index (χ3n) is 3.20. The molecule has 1 rings (SSSR count). The summed E-state index contributed by atoms with van der Waals surface area (Å²) in [6, 6.07) is 0.714. The molecule has 0 aromatic carbocycles. The molecular formula is C12H28N4. The highest BCUT2D eigenvalue weighted by molar-refractivity contribution is 4.80. The van der Waals surface area contributed by atoms with Gasteiger partial charge < -0.3 is 16.0 Å². The van der Waals surface area contributed by atoms with Crippen LogP contribution < -0.4 is 16.0 Å². The summed E-state index contributed by atoms with van der Waals surface area (Å²) in [5.41, 5.74) is 0. The maximum atomic E-state index is 3.49. The molecule has 3 N–H and O–H groups in total. The topological polar surface area (TPSA) is 39.3 Å². The fraction of sp³-hybridized carbons (Fsp3) is 1.00. The van der Waals surface area contributed by atoms with E-state index < -0.39 is 0 Å². The molecule has 0 amide bonds. The summed E-state index contributed by atoms with van der Waals surface area (Å²) in [6.45, 7) is 13.4. The zero-order valence-electron chi connectivity index (χ0n) is 10.9. The molecule has 4 heteroatoms. The second kappa shape index (κ2) is 8.93. The highest BCUT2D eigenvalue weighted by atomic mass is 15.2. The van der Waals surface area contributed by atoms with Crippen LogP contribution in [0.2, 0.25) is 0 Å². The molecule has 1 saturated heterocycles. The summed E-state index contributed by atoms with van der Waals surface area (Å²) < 4.78 is 0. The van der Waals surface area contributed by atoms with Gasteiger partial charge in [-0.3, -0.25) is 4.90 Å². The molecule has 1 fully saturated rings. The Bertz CT molecular complexity index is 145. The summed E-state index contributed by atoms with van der Waals surface area (Å²) in [7, 11) is 0. The van der Waals surface area contributed by atoms with Crippen LogP contribution in [0.4, 0.5) is 0 Å². The summed E-state index contributed by atoms with van der Waals surface area (Å²) in [5.74, 6) is 0. The number of nitrogens with zero attached hydrogens (tertiary/aromatic N) is 1. The lowest BCUT2D eigenvalue weighted by Crippen LogP contribution is -2.53. The highest BCUT2D eigenvalue weighted by Crippen LogP contribution is 2.05. The average Bonchev–Trinajstić information content (AvgIpc) is 2.32. The van der Waals surface area contributed by atoms with Gasteiger partial charge in [-0.05, 0) is 26.1 Å². The van der Waals surface area contributed by atoms with Crippen LogP contribution in [0.5, 0.6) is 0 Å². The Morgan fingerprint density at radius 3 is 2.69 bits per heavy atom. The minimum Gasteiger partial charge on any atom is -0.317 e. The SMILES string of the molecule is CCNCCC1CNCCN1CCNCC. The van der Waals surface area contributed by atoms with Gasteiger partial charge in [0.2, 0.25) is 0 Å². The largest absolute Gasteiger partial charge is 0.317 e. The Morgan fingerprint density at radius 2 is 1.94 bits per heavy atom. The summed E-state index contributed by atoms with van der Waals surface area (Å²) in [6.07, 6.45) is 1.26. The van der Waals surface area contributed by atoms with E-state index in [1.54, 1.807) is 0 Å². The molecule has 96 valence electrons. The molecule has 1 aliphatic heterocycles. The van der Waals surface area contributed by atoms with E-state index in [-0.39, 0.29) is 0 Å². The molecule has 1 aliphatic rings. The van der Waals surface area contributed by atoms with Crippen molar-refractivity contribution < 1.29 is 0 Å². The van der Waals surface area contributed by atoms with Crippen LogP contribution >= 0.6 is 0 Å². The zero-order chi connectivity index (χ0) is 11.6. The Hall–Kier alpha value is -0.160. The smallest absolute Gasteiger partial charge is 0.0233 e. The van der Waals surface area contributed by atoms with E-state index in [4.69, 9.17) is 0 Å². The minimum absolute atomic E-state index is 0.714. The van der Waals surface area contributed by atoms with E-state index in [2.05, 4.69) is 34.7 Å². The van der Waals surface area contributed by atoms with E-state index >= 15 is 0 Å². The quantitative estimate of drug-likeness (QED) is 0.506. The van der Waals surface area contributed by atoms with Crippen molar-refractivity contribution in [3.05, 3.63) is 0 Å². The third-order valence-corrected chi connectivity index (χ3v) is 3.20. The number of hydrogen-bond donors (Lipinski definition) is 3. The van der Waals surface area contributed by atoms with Crippen LogP contribution in [0, 0.1) is 0 Å². The molecule has 4 nitrogen and oxygen atoms in total. The number of likely N-dealkylation sites (N-methyl/N-ethyl adjacent to an activating group) is 1. The Labute approximate surface area is 100 Å². The molecule has 1 unspecified atom stereocenters. The maximum Gasteiger partial charge on any atom is 0.0233 e. The van der Waals surface area contributed by atoms with Gasteiger partial charge in [-0.15, -0.1) is 0 Å². The van der Waals surface area contributed by atoms with Crippen LogP contribution in [0.1, 0.15) is 20.3 Å². The van der Waals surface area contributed by atoms with Gasteiger partial charge in [-0.1, -0.05) is 13.8 Å². The first kappa shape index (κ1) is 13.9.